The lowest BCUT2D eigenvalue weighted by Gasteiger charge is -2.37. The SMILES string of the molecule is Cc1ccc(-c2ccc(N3CCN(C(=O)CN(CCc4ccccc4)C(=O)C4CCC4)CC3)nn2)cc1. The standard InChI is InChI=1S/C30H35N5O2/c1-23-10-12-25(13-11-23)27-14-15-28(32-31-27)33-18-20-34(21-19-33)29(36)22-35(30(37)26-8-5-9-26)17-16-24-6-3-2-4-7-24/h2-4,6-7,10-15,26H,5,8-9,16-22H2,1H3. The Labute approximate surface area is 219 Å². The summed E-state index contributed by atoms with van der Waals surface area (Å²) < 4.78 is 0. The van der Waals surface area contributed by atoms with Gasteiger partial charge in [-0.25, -0.2) is 0 Å². The summed E-state index contributed by atoms with van der Waals surface area (Å²) in [5, 5.41) is 8.88. The number of rotatable bonds is 8. The van der Waals surface area contributed by atoms with Gasteiger partial charge in [0.05, 0.1) is 12.2 Å². The molecule has 2 aromatic carbocycles. The Kier molecular flexibility index (Phi) is 7.78. The topological polar surface area (TPSA) is 69.6 Å². The number of carbonyl (C=O) groups is 2. The van der Waals surface area contributed by atoms with E-state index in [0.29, 0.717) is 32.7 Å². The molecule has 5 rings (SSSR count). The third kappa shape index (κ3) is 6.16. The summed E-state index contributed by atoms with van der Waals surface area (Å²) in [5.74, 6) is 1.08. The van der Waals surface area contributed by atoms with Crippen molar-refractivity contribution in [3.8, 4) is 11.3 Å². The number of piperazine rings is 1. The molecule has 0 N–H and O–H groups in total. The highest BCUT2D eigenvalue weighted by molar-refractivity contribution is 5.86. The maximum absolute atomic E-state index is 13.2. The maximum atomic E-state index is 13.2. The minimum atomic E-state index is 0.0289. The van der Waals surface area contributed by atoms with Crippen molar-refractivity contribution in [2.24, 2.45) is 5.92 Å². The van der Waals surface area contributed by atoms with Crippen LogP contribution in [-0.2, 0) is 16.0 Å². The van der Waals surface area contributed by atoms with Crippen LogP contribution < -0.4 is 4.90 Å². The number of aryl methyl sites for hydroxylation is 1. The van der Waals surface area contributed by atoms with Gasteiger partial charge in [0.25, 0.3) is 0 Å². The Bertz CT molecular complexity index is 1180. The Morgan fingerprint density at radius 2 is 1.62 bits per heavy atom. The lowest BCUT2D eigenvalue weighted by atomic mass is 9.84. The highest BCUT2D eigenvalue weighted by Crippen LogP contribution is 2.28. The van der Waals surface area contributed by atoms with Gasteiger partial charge in [-0.05, 0) is 43.9 Å². The quantitative estimate of drug-likeness (QED) is 0.471. The highest BCUT2D eigenvalue weighted by Gasteiger charge is 2.32. The van der Waals surface area contributed by atoms with E-state index in [2.05, 4.69) is 58.4 Å². The van der Waals surface area contributed by atoms with Gasteiger partial charge < -0.3 is 14.7 Å². The number of nitrogens with zero attached hydrogens (tertiary/aromatic N) is 5. The van der Waals surface area contributed by atoms with Gasteiger partial charge in [0.2, 0.25) is 11.8 Å². The summed E-state index contributed by atoms with van der Waals surface area (Å²) in [6.07, 6.45) is 3.75. The summed E-state index contributed by atoms with van der Waals surface area (Å²) in [6, 6.07) is 22.4. The van der Waals surface area contributed by atoms with E-state index in [9.17, 15) is 9.59 Å². The monoisotopic (exact) mass is 497 g/mol. The summed E-state index contributed by atoms with van der Waals surface area (Å²) >= 11 is 0. The van der Waals surface area contributed by atoms with Crippen LogP contribution in [0.2, 0.25) is 0 Å². The Balaban J connectivity index is 1.15. The average Bonchev–Trinajstić information content (AvgIpc) is 2.91. The lowest BCUT2D eigenvalue weighted by molar-refractivity contribution is -0.144. The summed E-state index contributed by atoms with van der Waals surface area (Å²) in [4.78, 5) is 32.1. The van der Waals surface area contributed by atoms with Gasteiger partial charge in [-0.15, -0.1) is 10.2 Å². The number of benzene rings is 2. The Morgan fingerprint density at radius 1 is 0.892 bits per heavy atom. The van der Waals surface area contributed by atoms with Crippen molar-refractivity contribution in [2.45, 2.75) is 32.6 Å². The highest BCUT2D eigenvalue weighted by atomic mass is 16.2. The van der Waals surface area contributed by atoms with E-state index in [4.69, 9.17) is 0 Å². The smallest absolute Gasteiger partial charge is 0.242 e. The number of amides is 2. The summed E-state index contributed by atoms with van der Waals surface area (Å²) in [5.41, 5.74) is 4.30. The Morgan fingerprint density at radius 3 is 2.24 bits per heavy atom. The molecule has 2 fully saturated rings. The normalized spacial score (nSPS) is 15.8. The Hall–Kier alpha value is -3.74. The third-order valence-electron chi connectivity index (χ3n) is 7.56. The van der Waals surface area contributed by atoms with Crippen LogP contribution in [0.1, 0.15) is 30.4 Å². The molecule has 1 aliphatic carbocycles. The third-order valence-corrected chi connectivity index (χ3v) is 7.56. The first kappa shape index (κ1) is 24.9. The first-order chi connectivity index (χ1) is 18.1. The zero-order valence-corrected chi connectivity index (χ0v) is 21.6. The van der Waals surface area contributed by atoms with Crippen LogP contribution in [0.5, 0.6) is 0 Å². The molecule has 7 nitrogen and oxygen atoms in total. The molecular weight excluding hydrogens is 462 g/mol. The molecule has 0 spiro atoms. The number of hydrogen-bond acceptors (Lipinski definition) is 5. The van der Waals surface area contributed by atoms with E-state index in [-0.39, 0.29) is 24.3 Å². The minimum absolute atomic E-state index is 0.0289. The van der Waals surface area contributed by atoms with Crippen molar-refractivity contribution in [1.29, 1.82) is 0 Å². The van der Waals surface area contributed by atoms with E-state index in [1.54, 1.807) is 4.90 Å². The number of hydrogen-bond donors (Lipinski definition) is 0. The second-order valence-corrected chi connectivity index (χ2v) is 10.1. The van der Waals surface area contributed by atoms with E-state index >= 15 is 0 Å². The molecule has 0 atom stereocenters. The van der Waals surface area contributed by atoms with Gasteiger partial charge in [0.15, 0.2) is 5.82 Å². The van der Waals surface area contributed by atoms with E-state index in [1.807, 2.05) is 35.2 Å². The molecule has 1 aromatic heterocycles. The fourth-order valence-corrected chi connectivity index (χ4v) is 4.91. The maximum Gasteiger partial charge on any atom is 0.242 e. The van der Waals surface area contributed by atoms with Gasteiger partial charge in [-0.3, -0.25) is 9.59 Å². The van der Waals surface area contributed by atoms with Crippen molar-refractivity contribution in [3.63, 3.8) is 0 Å². The fraction of sp³-hybridized carbons (Fsp3) is 0.400. The van der Waals surface area contributed by atoms with Crippen LogP contribution in [0.15, 0.2) is 66.7 Å². The molecule has 7 heteroatoms. The largest absolute Gasteiger partial charge is 0.352 e. The first-order valence-corrected chi connectivity index (χ1v) is 13.3. The van der Waals surface area contributed by atoms with Gasteiger partial charge in [0, 0.05) is 44.2 Å². The molecule has 1 aliphatic heterocycles. The second-order valence-electron chi connectivity index (χ2n) is 10.1. The van der Waals surface area contributed by atoms with Crippen LogP contribution >= 0.6 is 0 Å². The van der Waals surface area contributed by atoms with Crippen molar-refractivity contribution < 1.29 is 9.59 Å². The van der Waals surface area contributed by atoms with Crippen molar-refractivity contribution >= 4 is 17.6 Å². The predicted octanol–water partition coefficient (Wildman–Crippen LogP) is 3.97. The van der Waals surface area contributed by atoms with Crippen LogP contribution in [0, 0.1) is 12.8 Å². The zero-order chi connectivity index (χ0) is 25.6. The molecule has 1 saturated heterocycles. The van der Waals surface area contributed by atoms with Crippen molar-refractivity contribution in [3.05, 3.63) is 77.9 Å². The zero-order valence-electron chi connectivity index (χ0n) is 21.6. The van der Waals surface area contributed by atoms with Gasteiger partial charge in [-0.1, -0.05) is 66.6 Å². The van der Waals surface area contributed by atoms with Crippen molar-refractivity contribution in [2.75, 3.05) is 44.2 Å². The first-order valence-electron chi connectivity index (χ1n) is 13.3. The number of carbonyl (C=O) groups excluding carboxylic acids is 2. The molecule has 1 saturated carbocycles. The van der Waals surface area contributed by atoms with E-state index in [1.165, 1.54) is 11.1 Å². The van der Waals surface area contributed by atoms with Crippen LogP contribution in [-0.4, -0.2) is 71.1 Å². The number of aromatic nitrogens is 2. The molecule has 3 aromatic rings. The molecule has 0 radical (unpaired) electrons. The van der Waals surface area contributed by atoms with Crippen LogP contribution in [0.25, 0.3) is 11.3 Å². The molecule has 0 bridgehead atoms. The van der Waals surface area contributed by atoms with Crippen LogP contribution in [0.4, 0.5) is 5.82 Å². The number of anilines is 1. The fourth-order valence-electron chi connectivity index (χ4n) is 4.91. The molecular formula is C30H35N5O2. The van der Waals surface area contributed by atoms with E-state index < -0.39 is 0 Å². The van der Waals surface area contributed by atoms with Gasteiger partial charge in [-0.2, -0.15) is 0 Å². The summed E-state index contributed by atoms with van der Waals surface area (Å²) in [6.45, 7) is 5.43. The molecule has 0 unspecified atom stereocenters. The second kappa shape index (κ2) is 11.5. The minimum Gasteiger partial charge on any atom is -0.352 e. The van der Waals surface area contributed by atoms with Gasteiger partial charge in [0.1, 0.15) is 0 Å². The lowest BCUT2D eigenvalue weighted by Crippen LogP contribution is -2.53. The molecule has 2 heterocycles. The summed E-state index contributed by atoms with van der Waals surface area (Å²) in [7, 11) is 0. The average molecular weight is 498 g/mol. The molecule has 37 heavy (non-hydrogen) atoms. The molecule has 2 amide bonds. The molecule has 2 aliphatic rings. The predicted molar refractivity (Wildman–Crippen MR) is 145 cm³/mol. The van der Waals surface area contributed by atoms with Gasteiger partial charge >= 0.3 is 0 Å². The van der Waals surface area contributed by atoms with E-state index in [0.717, 1.165) is 42.8 Å². The molecule has 192 valence electrons. The van der Waals surface area contributed by atoms with Crippen LogP contribution in [0.3, 0.4) is 0 Å². The van der Waals surface area contributed by atoms with Crippen molar-refractivity contribution in [1.82, 2.24) is 20.0 Å².